The number of hydrogen-bond donors (Lipinski definition) is 2. The van der Waals surface area contributed by atoms with E-state index in [4.69, 9.17) is 0 Å². The highest BCUT2D eigenvalue weighted by molar-refractivity contribution is 7.89. The lowest BCUT2D eigenvalue weighted by molar-refractivity contribution is -0.133. The van der Waals surface area contributed by atoms with Crippen LogP contribution in [0, 0.1) is 18.8 Å². The largest absolute Gasteiger partial charge is 0.273 e. The van der Waals surface area contributed by atoms with E-state index < -0.39 is 15.9 Å². The van der Waals surface area contributed by atoms with Crippen LogP contribution in [0.1, 0.15) is 44.1 Å². The van der Waals surface area contributed by atoms with E-state index in [1.807, 2.05) is 6.92 Å². The van der Waals surface area contributed by atoms with E-state index in [1.54, 1.807) is 24.3 Å². The molecule has 2 fully saturated rings. The number of sulfonamides is 1. The lowest BCUT2D eigenvalue weighted by Gasteiger charge is -2.31. The number of hydrogen-bond acceptors (Lipinski definition) is 4. The number of amides is 2. The van der Waals surface area contributed by atoms with Crippen molar-refractivity contribution in [1.82, 2.24) is 15.2 Å². The summed E-state index contributed by atoms with van der Waals surface area (Å²) in [6.07, 6.45) is 5.01. The average Bonchev–Trinajstić information content (AvgIpc) is 3.21. The first-order valence-corrected chi connectivity index (χ1v) is 11.0. The van der Waals surface area contributed by atoms with Gasteiger partial charge < -0.3 is 0 Å². The maximum absolute atomic E-state index is 12.8. The van der Waals surface area contributed by atoms with E-state index in [0.29, 0.717) is 19.4 Å². The molecule has 148 valence electrons. The van der Waals surface area contributed by atoms with Gasteiger partial charge in [-0.1, -0.05) is 30.5 Å². The van der Waals surface area contributed by atoms with Crippen LogP contribution in [0.5, 0.6) is 0 Å². The average molecular weight is 394 g/mol. The Labute approximate surface area is 160 Å². The van der Waals surface area contributed by atoms with Crippen molar-refractivity contribution in [2.24, 2.45) is 11.8 Å². The quantitative estimate of drug-likeness (QED) is 0.762. The monoisotopic (exact) mass is 393 g/mol. The third-order valence-electron chi connectivity index (χ3n) is 5.45. The highest BCUT2D eigenvalue weighted by Crippen LogP contribution is 2.25. The highest BCUT2D eigenvalue weighted by atomic mass is 32.2. The maximum Gasteiger partial charge on any atom is 0.243 e. The molecule has 0 aromatic heterocycles. The smallest absolute Gasteiger partial charge is 0.243 e. The molecule has 1 heterocycles. The molecular formula is C19H27N3O4S. The first-order chi connectivity index (χ1) is 12.9. The van der Waals surface area contributed by atoms with Gasteiger partial charge in [-0.3, -0.25) is 20.4 Å². The van der Waals surface area contributed by atoms with Crippen LogP contribution in [0.4, 0.5) is 0 Å². The van der Waals surface area contributed by atoms with Crippen molar-refractivity contribution in [2.75, 3.05) is 13.1 Å². The van der Waals surface area contributed by atoms with Crippen LogP contribution >= 0.6 is 0 Å². The van der Waals surface area contributed by atoms with Gasteiger partial charge in [0.15, 0.2) is 0 Å². The van der Waals surface area contributed by atoms with Gasteiger partial charge in [-0.05, 0) is 44.7 Å². The van der Waals surface area contributed by atoms with Crippen molar-refractivity contribution in [3.05, 3.63) is 29.8 Å². The number of nitrogens with one attached hydrogen (secondary N) is 2. The molecule has 2 amide bonds. The molecule has 1 aliphatic heterocycles. The number of aryl methyl sites for hydroxylation is 1. The predicted octanol–water partition coefficient (Wildman–Crippen LogP) is 1.73. The lowest BCUT2D eigenvalue weighted by Crippen LogP contribution is -2.50. The summed E-state index contributed by atoms with van der Waals surface area (Å²) in [4.78, 5) is 24.7. The summed E-state index contributed by atoms with van der Waals surface area (Å²) in [5, 5.41) is 0. The van der Waals surface area contributed by atoms with Crippen molar-refractivity contribution >= 4 is 21.8 Å². The first-order valence-electron chi connectivity index (χ1n) is 9.54. The Kier molecular flexibility index (Phi) is 6.16. The minimum atomic E-state index is -3.62. The van der Waals surface area contributed by atoms with E-state index in [9.17, 15) is 18.0 Å². The number of carbonyl (C=O) groups is 2. The van der Waals surface area contributed by atoms with Crippen molar-refractivity contribution in [3.8, 4) is 0 Å². The van der Waals surface area contributed by atoms with Crippen LogP contribution in [0.25, 0.3) is 0 Å². The highest BCUT2D eigenvalue weighted by Gasteiger charge is 2.33. The minimum absolute atomic E-state index is 0.0323. The summed E-state index contributed by atoms with van der Waals surface area (Å²) < 4.78 is 27.0. The second-order valence-electron chi connectivity index (χ2n) is 7.48. The van der Waals surface area contributed by atoms with Crippen LogP contribution in [0.3, 0.4) is 0 Å². The molecule has 1 atom stereocenters. The third-order valence-corrected chi connectivity index (χ3v) is 7.33. The molecular weight excluding hydrogens is 366 g/mol. The first kappa shape index (κ1) is 19.8. The number of nitrogens with zero attached hydrogens (tertiary/aromatic N) is 1. The topological polar surface area (TPSA) is 95.6 Å². The molecule has 1 aromatic carbocycles. The maximum atomic E-state index is 12.8. The van der Waals surface area contributed by atoms with Crippen LogP contribution < -0.4 is 10.9 Å². The third kappa shape index (κ3) is 4.68. The van der Waals surface area contributed by atoms with Crippen molar-refractivity contribution in [3.63, 3.8) is 0 Å². The van der Waals surface area contributed by atoms with Crippen LogP contribution in [-0.4, -0.2) is 37.6 Å². The second-order valence-corrected chi connectivity index (χ2v) is 9.41. The van der Waals surface area contributed by atoms with E-state index in [1.165, 1.54) is 4.31 Å². The summed E-state index contributed by atoms with van der Waals surface area (Å²) in [6.45, 7) is 2.42. The minimum Gasteiger partial charge on any atom is -0.273 e. The Morgan fingerprint density at radius 1 is 0.926 bits per heavy atom. The van der Waals surface area contributed by atoms with Gasteiger partial charge in [0.25, 0.3) is 0 Å². The van der Waals surface area contributed by atoms with Gasteiger partial charge in [-0.25, -0.2) is 8.42 Å². The van der Waals surface area contributed by atoms with Crippen LogP contribution in [0.15, 0.2) is 29.2 Å². The Morgan fingerprint density at radius 3 is 2.11 bits per heavy atom. The van der Waals surface area contributed by atoms with Crippen molar-refractivity contribution in [1.29, 1.82) is 0 Å². The standard InChI is InChI=1S/C19H27N3O4S/c1-14-8-10-17(11-9-14)27(25,26)22-12-4-7-16(13-22)19(24)21-20-18(23)15-5-2-3-6-15/h8-11,15-16H,2-7,12-13H2,1H3,(H,20,23)(H,21,24)/t16-/m0/s1. The summed E-state index contributed by atoms with van der Waals surface area (Å²) in [6, 6.07) is 6.71. The fourth-order valence-corrected chi connectivity index (χ4v) is 5.27. The zero-order chi connectivity index (χ0) is 19.4. The van der Waals surface area contributed by atoms with Crippen LogP contribution in [-0.2, 0) is 19.6 Å². The number of piperidine rings is 1. The molecule has 0 spiro atoms. The molecule has 1 aliphatic carbocycles. The second kappa shape index (κ2) is 8.39. The zero-order valence-corrected chi connectivity index (χ0v) is 16.4. The van der Waals surface area contributed by atoms with Gasteiger partial charge in [-0.2, -0.15) is 4.31 Å². The molecule has 7 nitrogen and oxygen atoms in total. The molecule has 1 saturated carbocycles. The number of carbonyl (C=O) groups excluding carboxylic acids is 2. The normalized spacial score (nSPS) is 21.7. The molecule has 2 aliphatic rings. The summed E-state index contributed by atoms with van der Waals surface area (Å²) in [7, 11) is -3.62. The van der Waals surface area contributed by atoms with E-state index in [2.05, 4.69) is 10.9 Å². The summed E-state index contributed by atoms with van der Waals surface area (Å²) >= 11 is 0. The fraction of sp³-hybridized carbons (Fsp3) is 0.579. The predicted molar refractivity (Wildman–Crippen MR) is 101 cm³/mol. The van der Waals surface area contributed by atoms with Gasteiger partial charge in [0.2, 0.25) is 21.8 Å². The molecule has 1 saturated heterocycles. The SMILES string of the molecule is Cc1ccc(S(=O)(=O)N2CCC[C@H](C(=O)NNC(=O)C3CCCC3)C2)cc1. The molecule has 3 rings (SSSR count). The Balaban J connectivity index is 1.58. The van der Waals surface area contributed by atoms with Gasteiger partial charge in [0, 0.05) is 19.0 Å². The van der Waals surface area contributed by atoms with Crippen LogP contribution in [0.2, 0.25) is 0 Å². The van der Waals surface area contributed by atoms with E-state index >= 15 is 0 Å². The zero-order valence-electron chi connectivity index (χ0n) is 15.6. The Morgan fingerprint density at radius 2 is 1.48 bits per heavy atom. The van der Waals surface area contributed by atoms with Gasteiger partial charge in [-0.15, -0.1) is 0 Å². The Hall–Kier alpha value is -1.93. The van der Waals surface area contributed by atoms with E-state index in [0.717, 1.165) is 31.2 Å². The lowest BCUT2D eigenvalue weighted by atomic mass is 9.99. The van der Waals surface area contributed by atoms with Gasteiger partial charge in [0.1, 0.15) is 0 Å². The van der Waals surface area contributed by atoms with Crippen molar-refractivity contribution < 1.29 is 18.0 Å². The van der Waals surface area contributed by atoms with Gasteiger partial charge in [0.05, 0.1) is 10.8 Å². The molecule has 0 unspecified atom stereocenters. The number of rotatable bonds is 4. The molecule has 0 bridgehead atoms. The molecule has 27 heavy (non-hydrogen) atoms. The molecule has 8 heteroatoms. The van der Waals surface area contributed by atoms with Crippen molar-refractivity contribution in [2.45, 2.75) is 50.3 Å². The summed E-state index contributed by atoms with van der Waals surface area (Å²) in [5.74, 6) is -0.983. The molecule has 2 N–H and O–H groups in total. The fourth-order valence-electron chi connectivity index (χ4n) is 3.75. The Bertz CT molecular complexity index is 786. The summed E-state index contributed by atoms with van der Waals surface area (Å²) in [5.41, 5.74) is 5.98. The molecule has 0 radical (unpaired) electrons. The van der Waals surface area contributed by atoms with Gasteiger partial charge >= 0.3 is 0 Å². The number of hydrazine groups is 1. The van der Waals surface area contributed by atoms with E-state index in [-0.39, 0.29) is 29.2 Å². The number of benzene rings is 1. The molecule has 1 aromatic rings.